The van der Waals surface area contributed by atoms with Gasteiger partial charge in [0, 0.05) is 32.7 Å². The number of hydrogen-bond donors (Lipinski definition) is 0. The molecule has 1 heterocycles. The van der Waals surface area contributed by atoms with Crippen LogP contribution < -0.4 is 0 Å². The molecule has 0 spiro atoms. The Hall–Kier alpha value is -0.770. The highest BCUT2D eigenvalue weighted by Gasteiger charge is 2.23. The van der Waals surface area contributed by atoms with Crippen molar-refractivity contribution >= 4 is 6.09 Å². The molecule has 17 heavy (non-hydrogen) atoms. The number of nitrogens with zero attached hydrogens (tertiary/aromatic N) is 2. The highest BCUT2D eigenvalue weighted by molar-refractivity contribution is 5.67. The fourth-order valence-electron chi connectivity index (χ4n) is 2.98. The van der Waals surface area contributed by atoms with Crippen LogP contribution in [0, 0.1) is 5.92 Å². The van der Waals surface area contributed by atoms with Crippen LogP contribution in [0.1, 0.15) is 32.1 Å². The predicted octanol–water partition coefficient (Wildman–Crippen LogP) is 1.95. The molecule has 1 aliphatic heterocycles. The van der Waals surface area contributed by atoms with Gasteiger partial charge in [-0.25, -0.2) is 4.79 Å². The normalized spacial score (nSPS) is 23.7. The largest absolute Gasteiger partial charge is 0.453 e. The maximum atomic E-state index is 11.3. The van der Waals surface area contributed by atoms with Gasteiger partial charge in [-0.05, 0) is 18.8 Å². The van der Waals surface area contributed by atoms with E-state index in [4.69, 9.17) is 4.74 Å². The van der Waals surface area contributed by atoms with E-state index < -0.39 is 0 Å². The molecule has 4 heteroatoms. The lowest BCUT2D eigenvalue weighted by Gasteiger charge is -2.36. The predicted molar refractivity (Wildman–Crippen MR) is 67.0 cm³/mol. The molecule has 0 radical (unpaired) electrons. The summed E-state index contributed by atoms with van der Waals surface area (Å²) in [5, 5.41) is 0. The highest BCUT2D eigenvalue weighted by Crippen LogP contribution is 2.24. The molecule has 1 amide bonds. The fraction of sp³-hybridized carbons (Fsp3) is 0.923. The van der Waals surface area contributed by atoms with Gasteiger partial charge in [0.2, 0.25) is 0 Å². The van der Waals surface area contributed by atoms with Crippen LogP contribution in [0.5, 0.6) is 0 Å². The van der Waals surface area contributed by atoms with Crippen LogP contribution in [0.15, 0.2) is 0 Å². The van der Waals surface area contributed by atoms with E-state index in [1.807, 2.05) is 0 Å². The Balaban J connectivity index is 1.69. The molecule has 0 N–H and O–H groups in total. The number of carbonyl (C=O) groups is 1. The standard InChI is InChI=1S/C13H24N2O2/c1-17-13(16)15-9-7-14(8-10-15)11-12-5-3-2-4-6-12/h12H,2-11H2,1H3. The van der Waals surface area contributed by atoms with Crippen LogP contribution in [-0.2, 0) is 4.74 Å². The van der Waals surface area contributed by atoms with Gasteiger partial charge in [-0.1, -0.05) is 19.3 Å². The molecule has 0 aromatic carbocycles. The zero-order chi connectivity index (χ0) is 12.1. The quantitative estimate of drug-likeness (QED) is 0.739. The Labute approximate surface area is 104 Å². The van der Waals surface area contributed by atoms with E-state index in [-0.39, 0.29) is 6.09 Å². The number of ether oxygens (including phenoxy) is 1. The Kier molecular flexibility index (Phi) is 4.66. The van der Waals surface area contributed by atoms with E-state index in [0.717, 1.165) is 32.1 Å². The Morgan fingerprint density at radius 1 is 1.12 bits per heavy atom. The number of rotatable bonds is 2. The van der Waals surface area contributed by atoms with E-state index in [2.05, 4.69) is 4.90 Å². The topological polar surface area (TPSA) is 32.8 Å². The van der Waals surface area contributed by atoms with Crippen LogP contribution in [0.2, 0.25) is 0 Å². The van der Waals surface area contributed by atoms with Crippen molar-refractivity contribution in [1.82, 2.24) is 9.80 Å². The third kappa shape index (κ3) is 3.60. The van der Waals surface area contributed by atoms with Gasteiger partial charge < -0.3 is 9.64 Å². The molecule has 98 valence electrons. The van der Waals surface area contributed by atoms with Crippen molar-refractivity contribution < 1.29 is 9.53 Å². The first-order valence-electron chi connectivity index (χ1n) is 6.85. The number of carbonyl (C=O) groups excluding carboxylic acids is 1. The molecule has 1 aliphatic carbocycles. The summed E-state index contributed by atoms with van der Waals surface area (Å²) in [6.07, 6.45) is 6.86. The molecule has 2 fully saturated rings. The molecular formula is C13H24N2O2. The fourth-order valence-corrected chi connectivity index (χ4v) is 2.98. The second-order valence-corrected chi connectivity index (χ2v) is 5.26. The van der Waals surface area contributed by atoms with Gasteiger partial charge in [0.1, 0.15) is 0 Å². The third-order valence-electron chi connectivity index (χ3n) is 4.05. The summed E-state index contributed by atoms with van der Waals surface area (Å²) in [5.74, 6) is 0.897. The van der Waals surface area contributed by atoms with Gasteiger partial charge in [0.15, 0.2) is 0 Å². The van der Waals surface area contributed by atoms with E-state index in [9.17, 15) is 4.79 Å². The average molecular weight is 240 g/mol. The zero-order valence-corrected chi connectivity index (χ0v) is 10.9. The second-order valence-electron chi connectivity index (χ2n) is 5.26. The molecule has 0 bridgehead atoms. The summed E-state index contributed by atoms with van der Waals surface area (Å²) in [4.78, 5) is 15.7. The second kappa shape index (κ2) is 6.24. The van der Waals surface area contributed by atoms with Crippen molar-refractivity contribution in [2.75, 3.05) is 39.8 Å². The number of piperazine rings is 1. The summed E-state index contributed by atoms with van der Waals surface area (Å²) in [5.41, 5.74) is 0. The van der Waals surface area contributed by atoms with Crippen molar-refractivity contribution in [3.05, 3.63) is 0 Å². The van der Waals surface area contributed by atoms with E-state index >= 15 is 0 Å². The van der Waals surface area contributed by atoms with Gasteiger partial charge in [-0.2, -0.15) is 0 Å². The van der Waals surface area contributed by atoms with Crippen molar-refractivity contribution in [2.24, 2.45) is 5.92 Å². The molecule has 0 atom stereocenters. The number of hydrogen-bond acceptors (Lipinski definition) is 3. The molecular weight excluding hydrogens is 216 g/mol. The van der Waals surface area contributed by atoms with Crippen molar-refractivity contribution in [3.63, 3.8) is 0 Å². The maximum absolute atomic E-state index is 11.3. The first-order chi connectivity index (χ1) is 8.29. The molecule has 4 nitrogen and oxygen atoms in total. The lowest BCUT2D eigenvalue weighted by Crippen LogP contribution is -2.49. The van der Waals surface area contributed by atoms with Crippen LogP contribution >= 0.6 is 0 Å². The van der Waals surface area contributed by atoms with Crippen LogP contribution in [0.4, 0.5) is 4.79 Å². The smallest absolute Gasteiger partial charge is 0.409 e. The Morgan fingerprint density at radius 3 is 2.35 bits per heavy atom. The Bertz CT molecular complexity index is 244. The van der Waals surface area contributed by atoms with E-state index in [1.165, 1.54) is 45.8 Å². The van der Waals surface area contributed by atoms with Crippen LogP contribution in [-0.4, -0.2) is 55.7 Å². The van der Waals surface area contributed by atoms with E-state index in [0.29, 0.717) is 0 Å². The first-order valence-corrected chi connectivity index (χ1v) is 6.85. The lowest BCUT2D eigenvalue weighted by molar-refractivity contribution is 0.0825. The minimum atomic E-state index is -0.178. The zero-order valence-electron chi connectivity index (χ0n) is 10.9. The van der Waals surface area contributed by atoms with E-state index in [1.54, 1.807) is 4.90 Å². The van der Waals surface area contributed by atoms with Gasteiger partial charge >= 0.3 is 6.09 Å². The van der Waals surface area contributed by atoms with Gasteiger partial charge in [-0.3, -0.25) is 4.90 Å². The summed E-state index contributed by atoms with van der Waals surface area (Å²) >= 11 is 0. The molecule has 0 aromatic rings. The summed E-state index contributed by atoms with van der Waals surface area (Å²) < 4.78 is 4.74. The monoisotopic (exact) mass is 240 g/mol. The Morgan fingerprint density at radius 2 is 1.76 bits per heavy atom. The van der Waals surface area contributed by atoms with Gasteiger partial charge in [0.05, 0.1) is 7.11 Å². The van der Waals surface area contributed by atoms with Gasteiger partial charge in [0.25, 0.3) is 0 Å². The van der Waals surface area contributed by atoms with Crippen molar-refractivity contribution in [1.29, 1.82) is 0 Å². The third-order valence-corrected chi connectivity index (χ3v) is 4.05. The van der Waals surface area contributed by atoms with Crippen molar-refractivity contribution in [3.8, 4) is 0 Å². The maximum Gasteiger partial charge on any atom is 0.409 e. The molecule has 0 unspecified atom stereocenters. The van der Waals surface area contributed by atoms with Crippen LogP contribution in [0.3, 0.4) is 0 Å². The lowest BCUT2D eigenvalue weighted by atomic mass is 9.89. The molecule has 1 saturated heterocycles. The molecule has 2 aliphatic rings. The summed E-state index contributed by atoms with van der Waals surface area (Å²) in [6.45, 7) is 4.88. The molecule has 0 aromatic heterocycles. The van der Waals surface area contributed by atoms with Crippen LogP contribution in [0.25, 0.3) is 0 Å². The minimum Gasteiger partial charge on any atom is -0.453 e. The molecule has 2 rings (SSSR count). The van der Waals surface area contributed by atoms with Gasteiger partial charge in [-0.15, -0.1) is 0 Å². The highest BCUT2D eigenvalue weighted by atomic mass is 16.5. The minimum absolute atomic E-state index is 0.178. The first kappa shape index (κ1) is 12.7. The summed E-state index contributed by atoms with van der Waals surface area (Å²) in [6, 6.07) is 0. The SMILES string of the molecule is COC(=O)N1CCN(CC2CCCCC2)CC1. The number of methoxy groups -OCH3 is 1. The summed E-state index contributed by atoms with van der Waals surface area (Å²) in [7, 11) is 1.46. The number of amides is 1. The average Bonchev–Trinajstić information content (AvgIpc) is 2.40. The molecule has 1 saturated carbocycles. The van der Waals surface area contributed by atoms with Crippen molar-refractivity contribution in [2.45, 2.75) is 32.1 Å².